The van der Waals surface area contributed by atoms with Crippen LogP contribution in [0.2, 0.25) is 0 Å². The molecule has 1 heterocycles. The number of rotatable bonds is 2. The van der Waals surface area contributed by atoms with Gasteiger partial charge in [-0.3, -0.25) is 4.79 Å². The summed E-state index contributed by atoms with van der Waals surface area (Å²) in [5, 5.41) is 0. The summed E-state index contributed by atoms with van der Waals surface area (Å²) in [6.07, 6.45) is 2.36. The molecule has 0 aliphatic carbocycles. The molecular weight excluding hydrogens is 296 g/mol. The number of halogens is 2. The number of hydrogen-bond acceptors (Lipinski definition) is 1. The highest BCUT2D eigenvalue weighted by Crippen LogP contribution is 2.34. The van der Waals surface area contributed by atoms with Crippen LogP contribution < -0.4 is 0 Å². The molecule has 1 atom stereocenters. The highest BCUT2D eigenvalue weighted by molar-refractivity contribution is 5.77. The van der Waals surface area contributed by atoms with Crippen molar-refractivity contribution in [2.24, 2.45) is 0 Å². The fourth-order valence-corrected chi connectivity index (χ4v) is 2.99. The second-order valence-corrected chi connectivity index (χ2v) is 5.63. The number of carbonyl (C=O) groups is 1. The molecule has 0 fully saturated rings. The van der Waals surface area contributed by atoms with E-state index < -0.39 is 11.6 Å². The molecule has 0 spiro atoms. The smallest absolute Gasteiger partial charge is 0.220 e. The Morgan fingerprint density at radius 2 is 1.87 bits per heavy atom. The summed E-state index contributed by atoms with van der Waals surface area (Å²) in [4.78, 5) is 13.7. The van der Waals surface area contributed by atoms with Crippen molar-refractivity contribution in [2.75, 3.05) is 6.54 Å². The number of carbonyl (C=O) groups excluding carboxylic acids is 1. The topological polar surface area (TPSA) is 20.3 Å². The molecule has 1 aliphatic heterocycles. The number of amides is 1. The van der Waals surface area contributed by atoms with Crippen LogP contribution >= 0.6 is 0 Å². The van der Waals surface area contributed by atoms with Crippen LogP contribution in [0.15, 0.2) is 54.6 Å². The van der Waals surface area contributed by atoms with Gasteiger partial charge in [-0.05, 0) is 35.8 Å². The lowest BCUT2D eigenvalue weighted by Gasteiger charge is -2.34. The molecule has 2 nitrogen and oxygen atoms in total. The first-order chi connectivity index (χ1) is 11.1. The van der Waals surface area contributed by atoms with Crippen LogP contribution in [0.3, 0.4) is 0 Å². The zero-order valence-corrected chi connectivity index (χ0v) is 12.8. The summed E-state index contributed by atoms with van der Waals surface area (Å²) in [5.74, 6) is -0.942. The molecule has 0 radical (unpaired) electrons. The van der Waals surface area contributed by atoms with E-state index in [0.29, 0.717) is 13.0 Å². The molecule has 2 aromatic carbocycles. The predicted molar refractivity (Wildman–Crippen MR) is 85.5 cm³/mol. The minimum absolute atomic E-state index is 0.0335. The van der Waals surface area contributed by atoms with Crippen LogP contribution in [0.1, 0.15) is 30.5 Å². The molecule has 1 unspecified atom stereocenters. The van der Waals surface area contributed by atoms with Gasteiger partial charge in [-0.1, -0.05) is 36.4 Å². The molecule has 3 rings (SSSR count). The predicted octanol–water partition coefficient (Wildman–Crippen LogP) is 4.34. The average Bonchev–Trinajstić information content (AvgIpc) is 2.57. The summed E-state index contributed by atoms with van der Waals surface area (Å²) in [7, 11) is 0. The molecule has 23 heavy (non-hydrogen) atoms. The van der Waals surface area contributed by atoms with Gasteiger partial charge in [-0.25, -0.2) is 8.78 Å². The van der Waals surface area contributed by atoms with Crippen molar-refractivity contribution in [2.45, 2.75) is 19.4 Å². The van der Waals surface area contributed by atoms with Gasteiger partial charge in [0.2, 0.25) is 5.91 Å². The van der Waals surface area contributed by atoms with E-state index in [-0.39, 0.29) is 17.5 Å². The molecule has 2 aromatic rings. The quantitative estimate of drug-likeness (QED) is 0.807. The third-order valence-electron chi connectivity index (χ3n) is 4.14. The zero-order valence-electron chi connectivity index (χ0n) is 12.8. The highest BCUT2D eigenvalue weighted by atomic mass is 19.1. The minimum Gasteiger partial charge on any atom is -0.332 e. The molecule has 1 aliphatic rings. The maximum absolute atomic E-state index is 14.1. The van der Waals surface area contributed by atoms with E-state index in [1.807, 2.05) is 36.4 Å². The molecule has 0 N–H and O–H groups in total. The number of hydrogen-bond donors (Lipinski definition) is 0. The van der Waals surface area contributed by atoms with Crippen molar-refractivity contribution in [3.63, 3.8) is 0 Å². The molecule has 1 amide bonds. The van der Waals surface area contributed by atoms with Crippen molar-refractivity contribution >= 4 is 11.5 Å². The normalized spacial score (nSPS) is 17.8. The summed E-state index contributed by atoms with van der Waals surface area (Å²) < 4.78 is 27.5. The van der Waals surface area contributed by atoms with Crippen LogP contribution in [-0.4, -0.2) is 17.4 Å². The van der Waals surface area contributed by atoms with E-state index in [1.165, 1.54) is 13.0 Å². The second kappa shape index (κ2) is 6.32. The van der Waals surface area contributed by atoms with Crippen molar-refractivity contribution in [3.05, 3.63) is 77.4 Å². The summed E-state index contributed by atoms with van der Waals surface area (Å²) in [6, 6.07) is 12.8. The summed E-state index contributed by atoms with van der Waals surface area (Å²) >= 11 is 0. The van der Waals surface area contributed by atoms with Crippen molar-refractivity contribution in [1.82, 2.24) is 4.90 Å². The number of nitrogens with zero attached hydrogens (tertiary/aromatic N) is 1. The highest BCUT2D eigenvalue weighted by Gasteiger charge is 2.26. The maximum atomic E-state index is 14.1. The first-order valence-electron chi connectivity index (χ1n) is 7.54. The molecule has 0 aromatic heterocycles. The zero-order chi connectivity index (χ0) is 16.4. The van der Waals surface area contributed by atoms with E-state index in [0.717, 1.165) is 23.3 Å². The van der Waals surface area contributed by atoms with Crippen LogP contribution in [-0.2, 0) is 4.79 Å². The van der Waals surface area contributed by atoms with Crippen molar-refractivity contribution in [1.29, 1.82) is 0 Å². The largest absolute Gasteiger partial charge is 0.332 e. The molecule has 0 bridgehead atoms. The van der Waals surface area contributed by atoms with E-state index in [9.17, 15) is 13.6 Å². The lowest BCUT2D eigenvalue weighted by Crippen LogP contribution is -2.35. The lowest BCUT2D eigenvalue weighted by molar-refractivity contribution is -0.130. The van der Waals surface area contributed by atoms with E-state index in [2.05, 4.69) is 0 Å². The Morgan fingerprint density at radius 3 is 2.57 bits per heavy atom. The van der Waals surface area contributed by atoms with Crippen LogP contribution in [0.4, 0.5) is 8.78 Å². The van der Waals surface area contributed by atoms with Gasteiger partial charge in [0.25, 0.3) is 0 Å². The molecular formula is C19H17F2NO. The minimum atomic E-state index is -0.465. The standard InChI is InChI=1S/C19H17F2NO/c1-13(23)22-10-9-15(17-12-16(20)7-8-18(17)21)11-19(22)14-5-3-2-4-6-14/h2-8,11-12,19H,9-10H2,1H3. The monoisotopic (exact) mass is 313 g/mol. The fourth-order valence-electron chi connectivity index (χ4n) is 2.99. The van der Waals surface area contributed by atoms with Gasteiger partial charge in [0.1, 0.15) is 11.6 Å². The van der Waals surface area contributed by atoms with Crippen LogP contribution in [0.25, 0.3) is 5.57 Å². The fraction of sp³-hybridized carbons (Fsp3) is 0.211. The van der Waals surface area contributed by atoms with Gasteiger partial charge in [0.15, 0.2) is 0 Å². The van der Waals surface area contributed by atoms with E-state index >= 15 is 0 Å². The lowest BCUT2D eigenvalue weighted by atomic mass is 9.92. The van der Waals surface area contributed by atoms with Crippen molar-refractivity contribution < 1.29 is 13.6 Å². The van der Waals surface area contributed by atoms with Gasteiger partial charge >= 0.3 is 0 Å². The second-order valence-electron chi connectivity index (χ2n) is 5.63. The third-order valence-corrected chi connectivity index (χ3v) is 4.14. The molecule has 0 saturated carbocycles. The summed E-state index contributed by atoms with van der Waals surface area (Å²) in [5.41, 5.74) is 1.96. The first-order valence-corrected chi connectivity index (χ1v) is 7.54. The van der Waals surface area contributed by atoms with Gasteiger partial charge < -0.3 is 4.90 Å². The Hall–Kier alpha value is -2.49. The Balaban J connectivity index is 2.06. The molecule has 118 valence electrons. The third kappa shape index (κ3) is 3.16. The van der Waals surface area contributed by atoms with Crippen LogP contribution in [0.5, 0.6) is 0 Å². The maximum Gasteiger partial charge on any atom is 0.220 e. The molecule has 4 heteroatoms. The van der Waals surface area contributed by atoms with Crippen LogP contribution in [0, 0.1) is 11.6 Å². The van der Waals surface area contributed by atoms with Gasteiger partial charge in [0, 0.05) is 19.0 Å². The van der Waals surface area contributed by atoms with Gasteiger partial charge in [-0.15, -0.1) is 0 Å². The first kappa shape index (κ1) is 15.4. The van der Waals surface area contributed by atoms with Gasteiger partial charge in [0.05, 0.1) is 6.04 Å². The van der Waals surface area contributed by atoms with E-state index in [1.54, 1.807) is 4.90 Å². The Kier molecular flexibility index (Phi) is 4.24. The van der Waals surface area contributed by atoms with Gasteiger partial charge in [-0.2, -0.15) is 0 Å². The number of benzene rings is 2. The Bertz CT molecular complexity index is 755. The Labute approximate surface area is 134 Å². The van der Waals surface area contributed by atoms with Crippen molar-refractivity contribution in [3.8, 4) is 0 Å². The molecule has 0 saturated heterocycles. The average molecular weight is 313 g/mol. The SMILES string of the molecule is CC(=O)N1CCC(c2cc(F)ccc2F)=CC1c1ccccc1. The van der Waals surface area contributed by atoms with E-state index in [4.69, 9.17) is 0 Å². The summed E-state index contributed by atoms with van der Waals surface area (Å²) in [6.45, 7) is 2.01. The Morgan fingerprint density at radius 1 is 1.13 bits per heavy atom.